The molecular weight excluding hydrogens is 172 g/mol. The van der Waals surface area contributed by atoms with E-state index in [1.54, 1.807) is 0 Å². The van der Waals surface area contributed by atoms with Crippen molar-refractivity contribution in [2.24, 2.45) is 0 Å². The Hall–Kier alpha value is -1.44. The second-order valence-corrected chi connectivity index (χ2v) is 2.85. The average molecular weight is 192 g/mol. The van der Waals surface area contributed by atoms with E-state index in [9.17, 15) is 0 Å². The zero-order valence-corrected chi connectivity index (χ0v) is 9.52. The summed E-state index contributed by atoms with van der Waals surface area (Å²) in [6.07, 6.45) is 0. The predicted molar refractivity (Wildman–Crippen MR) is 64.1 cm³/mol. The van der Waals surface area contributed by atoms with Crippen LogP contribution >= 0.6 is 0 Å². The molecule has 0 radical (unpaired) electrons. The van der Waals surface area contributed by atoms with Crippen LogP contribution in [0.25, 0.3) is 0 Å². The molecule has 2 N–H and O–H groups in total. The molecule has 0 saturated heterocycles. The SMILES string of the molecule is C=C(C)NNc1ccccc1C.CC. The van der Waals surface area contributed by atoms with Gasteiger partial charge in [-0.15, -0.1) is 0 Å². The Labute approximate surface area is 87.0 Å². The molecule has 0 spiro atoms. The van der Waals surface area contributed by atoms with E-state index in [2.05, 4.69) is 30.4 Å². The fourth-order valence-electron chi connectivity index (χ4n) is 0.887. The molecule has 2 nitrogen and oxygen atoms in total. The number of aryl methyl sites for hydroxylation is 1. The maximum absolute atomic E-state index is 3.73. The van der Waals surface area contributed by atoms with Crippen LogP contribution < -0.4 is 10.9 Å². The highest BCUT2D eigenvalue weighted by Crippen LogP contribution is 2.11. The van der Waals surface area contributed by atoms with Crippen LogP contribution in [-0.4, -0.2) is 0 Å². The Morgan fingerprint density at radius 2 is 1.79 bits per heavy atom. The van der Waals surface area contributed by atoms with Crippen LogP contribution in [0.2, 0.25) is 0 Å². The number of allylic oxidation sites excluding steroid dienone is 1. The fourth-order valence-corrected chi connectivity index (χ4v) is 0.887. The Bertz CT molecular complexity index is 279. The van der Waals surface area contributed by atoms with Crippen LogP contribution in [0.1, 0.15) is 26.3 Å². The second-order valence-electron chi connectivity index (χ2n) is 2.85. The van der Waals surface area contributed by atoms with E-state index in [0.29, 0.717) is 0 Å². The van der Waals surface area contributed by atoms with Gasteiger partial charge in [0.15, 0.2) is 0 Å². The zero-order valence-electron chi connectivity index (χ0n) is 9.52. The van der Waals surface area contributed by atoms with Crippen molar-refractivity contribution >= 4 is 5.69 Å². The third-order valence-corrected chi connectivity index (χ3v) is 1.56. The zero-order chi connectivity index (χ0) is 11.0. The standard InChI is InChI=1S/C10H14N2.C2H6/c1-8(2)11-12-10-7-5-4-6-9(10)3;1-2/h4-7,11-12H,1H2,2-3H3;1-2H3. The van der Waals surface area contributed by atoms with Crippen molar-refractivity contribution in [3.63, 3.8) is 0 Å². The van der Waals surface area contributed by atoms with E-state index in [4.69, 9.17) is 0 Å². The number of benzene rings is 1. The normalized spacial score (nSPS) is 8.29. The molecule has 0 atom stereocenters. The summed E-state index contributed by atoms with van der Waals surface area (Å²) in [5.74, 6) is 0. The summed E-state index contributed by atoms with van der Waals surface area (Å²) < 4.78 is 0. The second kappa shape index (κ2) is 7.01. The van der Waals surface area contributed by atoms with Gasteiger partial charge in [-0.3, -0.25) is 0 Å². The lowest BCUT2D eigenvalue weighted by molar-refractivity contribution is 0.965. The Morgan fingerprint density at radius 3 is 2.29 bits per heavy atom. The maximum Gasteiger partial charge on any atom is 0.0568 e. The molecule has 0 aliphatic carbocycles. The molecule has 2 heteroatoms. The molecule has 1 aromatic rings. The minimum absolute atomic E-state index is 0.901. The van der Waals surface area contributed by atoms with Crippen LogP contribution in [0.5, 0.6) is 0 Å². The van der Waals surface area contributed by atoms with Gasteiger partial charge in [0, 0.05) is 5.70 Å². The van der Waals surface area contributed by atoms with Crippen LogP contribution in [0.3, 0.4) is 0 Å². The van der Waals surface area contributed by atoms with Crippen molar-refractivity contribution < 1.29 is 0 Å². The quantitative estimate of drug-likeness (QED) is 0.716. The molecule has 14 heavy (non-hydrogen) atoms. The number of nitrogens with one attached hydrogen (secondary N) is 2. The number of hydrogen-bond acceptors (Lipinski definition) is 2. The van der Waals surface area contributed by atoms with Gasteiger partial charge in [0.1, 0.15) is 0 Å². The van der Waals surface area contributed by atoms with E-state index in [1.807, 2.05) is 39.0 Å². The molecule has 0 amide bonds. The summed E-state index contributed by atoms with van der Waals surface area (Å²) in [5, 5.41) is 0. The summed E-state index contributed by atoms with van der Waals surface area (Å²) in [4.78, 5) is 0. The first-order valence-corrected chi connectivity index (χ1v) is 4.93. The number of hydrogen-bond donors (Lipinski definition) is 2. The summed E-state index contributed by atoms with van der Waals surface area (Å²) in [6, 6.07) is 8.09. The van der Waals surface area contributed by atoms with Crippen LogP contribution in [-0.2, 0) is 0 Å². The maximum atomic E-state index is 3.73. The Morgan fingerprint density at radius 1 is 1.21 bits per heavy atom. The van der Waals surface area contributed by atoms with E-state index < -0.39 is 0 Å². The third kappa shape index (κ3) is 4.55. The van der Waals surface area contributed by atoms with Crippen molar-refractivity contribution in [1.29, 1.82) is 0 Å². The minimum Gasteiger partial charge on any atom is -0.306 e. The molecule has 0 saturated carbocycles. The minimum atomic E-state index is 0.901. The van der Waals surface area contributed by atoms with Crippen LogP contribution in [0, 0.1) is 6.92 Å². The third-order valence-electron chi connectivity index (χ3n) is 1.56. The van der Waals surface area contributed by atoms with Gasteiger partial charge in [0.2, 0.25) is 0 Å². The lowest BCUT2D eigenvalue weighted by Gasteiger charge is -2.10. The van der Waals surface area contributed by atoms with Gasteiger partial charge in [-0.05, 0) is 25.5 Å². The van der Waals surface area contributed by atoms with Crippen LogP contribution in [0.15, 0.2) is 36.5 Å². The van der Waals surface area contributed by atoms with E-state index >= 15 is 0 Å². The molecule has 0 fully saturated rings. The summed E-state index contributed by atoms with van der Waals surface area (Å²) in [5.41, 5.74) is 9.22. The molecular formula is C12H20N2. The van der Waals surface area contributed by atoms with Gasteiger partial charge in [-0.25, -0.2) is 0 Å². The average Bonchev–Trinajstić information content (AvgIpc) is 2.19. The highest BCUT2D eigenvalue weighted by molar-refractivity contribution is 5.49. The largest absolute Gasteiger partial charge is 0.306 e. The summed E-state index contributed by atoms with van der Waals surface area (Å²) >= 11 is 0. The van der Waals surface area contributed by atoms with Crippen molar-refractivity contribution in [1.82, 2.24) is 5.43 Å². The molecule has 0 bridgehead atoms. The molecule has 0 heterocycles. The van der Waals surface area contributed by atoms with E-state index in [0.717, 1.165) is 11.4 Å². The lowest BCUT2D eigenvalue weighted by Crippen LogP contribution is -2.18. The van der Waals surface area contributed by atoms with E-state index in [1.165, 1.54) is 5.56 Å². The topological polar surface area (TPSA) is 24.1 Å². The number of hydrazine groups is 1. The molecule has 78 valence electrons. The van der Waals surface area contributed by atoms with Gasteiger partial charge in [-0.1, -0.05) is 38.6 Å². The van der Waals surface area contributed by atoms with Gasteiger partial charge >= 0.3 is 0 Å². The van der Waals surface area contributed by atoms with Crippen molar-refractivity contribution in [2.45, 2.75) is 27.7 Å². The van der Waals surface area contributed by atoms with Gasteiger partial charge in [0.25, 0.3) is 0 Å². The van der Waals surface area contributed by atoms with Crippen molar-refractivity contribution in [2.75, 3.05) is 5.43 Å². The Kier molecular flexibility index (Phi) is 6.29. The first-order chi connectivity index (χ1) is 6.70. The Balaban J connectivity index is 0.000000791. The first-order valence-electron chi connectivity index (χ1n) is 4.93. The van der Waals surface area contributed by atoms with Crippen molar-refractivity contribution in [3.05, 3.63) is 42.1 Å². The predicted octanol–water partition coefficient (Wildman–Crippen LogP) is 3.47. The monoisotopic (exact) mass is 192 g/mol. The van der Waals surface area contributed by atoms with Crippen molar-refractivity contribution in [3.8, 4) is 0 Å². The first kappa shape index (κ1) is 12.6. The van der Waals surface area contributed by atoms with Gasteiger partial charge in [0.05, 0.1) is 5.69 Å². The smallest absolute Gasteiger partial charge is 0.0568 e. The molecule has 0 aliphatic rings. The molecule has 0 unspecified atom stereocenters. The van der Waals surface area contributed by atoms with Crippen LogP contribution in [0.4, 0.5) is 5.69 Å². The summed E-state index contributed by atoms with van der Waals surface area (Å²) in [7, 11) is 0. The summed E-state index contributed by atoms with van der Waals surface area (Å²) in [6.45, 7) is 11.7. The number of anilines is 1. The lowest BCUT2D eigenvalue weighted by atomic mass is 10.2. The molecule has 0 aliphatic heterocycles. The van der Waals surface area contributed by atoms with Gasteiger partial charge < -0.3 is 10.9 Å². The highest BCUT2D eigenvalue weighted by atomic mass is 15.4. The van der Waals surface area contributed by atoms with E-state index in [-0.39, 0.29) is 0 Å². The molecule has 1 aromatic carbocycles. The van der Waals surface area contributed by atoms with Gasteiger partial charge in [-0.2, -0.15) is 0 Å². The molecule has 0 aromatic heterocycles. The molecule has 1 rings (SSSR count). The number of rotatable bonds is 3. The number of para-hydroxylation sites is 1. The highest BCUT2D eigenvalue weighted by Gasteiger charge is 1.92. The fraction of sp³-hybridized carbons (Fsp3) is 0.333.